The van der Waals surface area contributed by atoms with Crippen molar-refractivity contribution in [2.75, 3.05) is 0 Å². The summed E-state index contributed by atoms with van der Waals surface area (Å²) in [5, 5.41) is 4.18. The zero-order valence-electron chi connectivity index (χ0n) is 8.97. The van der Waals surface area contributed by atoms with Gasteiger partial charge in [0, 0.05) is 12.2 Å². The molecule has 1 unspecified atom stereocenters. The molecule has 0 radical (unpaired) electrons. The Hall–Kier alpha value is -1.20. The van der Waals surface area contributed by atoms with Crippen molar-refractivity contribution in [1.29, 1.82) is 0 Å². The molecule has 2 aromatic rings. The molecule has 2 aromatic heterocycles. The molecule has 84 valence electrons. The highest BCUT2D eigenvalue weighted by Crippen LogP contribution is 2.15. The van der Waals surface area contributed by atoms with Crippen LogP contribution in [0.2, 0.25) is 0 Å². The van der Waals surface area contributed by atoms with Gasteiger partial charge in [0.25, 0.3) is 0 Å². The third-order valence-corrected chi connectivity index (χ3v) is 2.82. The second-order valence-corrected chi connectivity index (χ2v) is 4.47. The number of pyridine rings is 1. The smallest absolute Gasteiger partial charge is 0.0829 e. The fraction of sp³-hybridized carbons (Fsp3) is 0.273. The Kier molecular flexibility index (Phi) is 3.36. The van der Waals surface area contributed by atoms with Gasteiger partial charge in [0.1, 0.15) is 0 Å². The summed E-state index contributed by atoms with van der Waals surface area (Å²) >= 11 is 3.35. The lowest BCUT2D eigenvalue weighted by Crippen LogP contribution is -2.10. The fourth-order valence-corrected chi connectivity index (χ4v) is 1.69. The maximum absolute atomic E-state index is 5.89. The van der Waals surface area contributed by atoms with Gasteiger partial charge in [0.15, 0.2) is 0 Å². The van der Waals surface area contributed by atoms with Gasteiger partial charge < -0.3 is 5.73 Å². The molecule has 0 aromatic carbocycles. The van der Waals surface area contributed by atoms with Gasteiger partial charge in [0.2, 0.25) is 0 Å². The Bertz CT molecular complexity index is 463. The molecule has 0 aliphatic heterocycles. The summed E-state index contributed by atoms with van der Waals surface area (Å²) in [6.07, 6.45) is 6.30. The average Bonchev–Trinajstić information content (AvgIpc) is 2.75. The van der Waals surface area contributed by atoms with Crippen LogP contribution < -0.4 is 5.73 Å². The summed E-state index contributed by atoms with van der Waals surface area (Å²) in [7, 11) is 0. The summed E-state index contributed by atoms with van der Waals surface area (Å²) in [4.78, 5) is 4.33. The van der Waals surface area contributed by atoms with Crippen LogP contribution in [-0.2, 0) is 0 Å². The molecule has 0 amide bonds. The normalized spacial score (nSPS) is 12.7. The van der Waals surface area contributed by atoms with E-state index in [1.165, 1.54) is 0 Å². The lowest BCUT2D eigenvalue weighted by Gasteiger charge is -2.08. The summed E-state index contributed by atoms with van der Waals surface area (Å²) in [6, 6.07) is 3.93. The number of aromatic nitrogens is 3. The minimum atomic E-state index is 0.0124. The average molecular weight is 281 g/mol. The van der Waals surface area contributed by atoms with Crippen molar-refractivity contribution in [3.05, 3.63) is 40.9 Å². The minimum absolute atomic E-state index is 0.0124. The molecule has 16 heavy (non-hydrogen) atoms. The van der Waals surface area contributed by atoms with Crippen LogP contribution in [0.3, 0.4) is 0 Å². The van der Waals surface area contributed by atoms with Crippen molar-refractivity contribution in [3.8, 4) is 5.69 Å². The predicted octanol–water partition coefficient (Wildman–Crippen LogP) is 2.44. The van der Waals surface area contributed by atoms with E-state index in [4.69, 9.17) is 5.73 Å². The highest BCUT2D eigenvalue weighted by atomic mass is 79.9. The van der Waals surface area contributed by atoms with Crippen molar-refractivity contribution in [1.82, 2.24) is 14.8 Å². The summed E-state index contributed by atoms with van der Waals surface area (Å²) in [5.74, 6) is 0. The monoisotopic (exact) mass is 280 g/mol. The fourth-order valence-electron chi connectivity index (χ4n) is 1.40. The van der Waals surface area contributed by atoms with Gasteiger partial charge in [-0.3, -0.25) is 4.98 Å². The molecule has 0 aliphatic carbocycles. The van der Waals surface area contributed by atoms with Gasteiger partial charge >= 0.3 is 0 Å². The van der Waals surface area contributed by atoms with E-state index >= 15 is 0 Å². The molecule has 0 spiro atoms. The van der Waals surface area contributed by atoms with E-state index < -0.39 is 0 Å². The second-order valence-electron chi connectivity index (χ2n) is 3.56. The van der Waals surface area contributed by atoms with Gasteiger partial charge in [0.05, 0.1) is 28.2 Å². The van der Waals surface area contributed by atoms with Crippen molar-refractivity contribution in [3.63, 3.8) is 0 Å². The zero-order valence-corrected chi connectivity index (χ0v) is 10.6. The first-order valence-corrected chi connectivity index (χ1v) is 5.92. The highest BCUT2D eigenvalue weighted by Gasteiger charge is 2.05. The summed E-state index contributed by atoms with van der Waals surface area (Å²) in [6.45, 7) is 2.05. The number of halogens is 1. The molecule has 5 heteroatoms. The lowest BCUT2D eigenvalue weighted by atomic mass is 10.1. The Morgan fingerprint density at radius 1 is 1.44 bits per heavy atom. The largest absolute Gasteiger partial charge is 0.323 e. The van der Waals surface area contributed by atoms with Crippen LogP contribution >= 0.6 is 15.9 Å². The zero-order chi connectivity index (χ0) is 11.5. The van der Waals surface area contributed by atoms with E-state index in [2.05, 4.69) is 26.0 Å². The SMILES string of the molecule is CCC(N)c1ccc(-n2cc(Br)cn2)cn1. The van der Waals surface area contributed by atoms with Crippen molar-refractivity contribution < 1.29 is 0 Å². The van der Waals surface area contributed by atoms with Crippen LogP contribution in [0.1, 0.15) is 25.1 Å². The third kappa shape index (κ3) is 2.31. The number of nitrogens with two attached hydrogens (primary N) is 1. The standard InChI is InChI=1S/C11H13BrN4/c1-2-10(13)11-4-3-9(6-14-11)16-7-8(12)5-15-16/h3-7,10H,2,13H2,1H3. The van der Waals surface area contributed by atoms with Crippen LogP contribution in [0, 0.1) is 0 Å². The molecule has 0 saturated heterocycles. The molecule has 0 bridgehead atoms. The maximum atomic E-state index is 5.89. The van der Waals surface area contributed by atoms with Crippen molar-refractivity contribution in [2.24, 2.45) is 5.73 Å². The van der Waals surface area contributed by atoms with Gasteiger partial charge in [-0.2, -0.15) is 5.10 Å². The number of hydrogen-bond acceptors (Lipinski definition) is 3. The van der Waals surface area contributed by atoms with E-state index in [1.54, 1.807) is 17.1 Å². The second kappa shape index (κ2) is 4.76. The Labute approximate surface area is 103 Å². The quantitative estimate of drug-likeness (QED) is 0.940. The molecule has 1 atom stereocenters. The molecule has 2 heterocycles. The highest BCUT2D eigenvalue weighted by molar-refractivity contribution is 9.10. The van der Waals surface area contributed by atoms with Crippen LogP contribution in [0.4, 0.5) is 0 Å². The van der Waals surface area contributed by atoms with Gasteiger partial charge in [-0.1, -0.05) is 6.92 Å². The lowest BCUT2D eigenvalue weighted by molar-refractivity contribution is 0.674. The van der Waals surface area contributed by atoms with E-state index in [0.717, 1.165) is 22.3 Å². The number of rotatable bonds is 3. The van der Waals surface area contributed by atoms with Crippen molar-refractivity contribution >= 4 is 15.9 Å². The maximum Gasteiger partial charge on any atom is 0.0829 e. The predicted molar refractivity (Wildman–Crippen MR) is 66.3 cm³/mol. The van der Waals surface area contributed by atoms with E-state index in [9.17, 15) is 0 Å². The van der Waals surface area contributed by atoms with Crippen LogP contribution in [0.15, 0.2) is 35.2 Å². The Morgan fingerprint density at radius 2 is 2.25 bits per heavy atom. The van der Waals surface area contributed by atoms with Crippen LogP contribution in [0.5, 0.6) is 0 Å². The number of nitrogens with zero attached hydrogens (tertiary/aromatic N) is 3. The molecular formula is C11H13BrN4. The summed E-state index contributed by atoms with van der Waals surface area (Å²) in [5.41, 5.74) is 7.74. The van der Waals surface area contributed by atoms with Crippen LogP contribution in [-0.4, -0.2) is 14.8 Å². The molecule has 2 rings (SSSR count). The molecule has 2 N–H and O–H groups in total. The van der Waals surface area contributed by atoms with Crippen LogP contribution in [0.25, 0.3) is 5.69 Å². The molecule has 0 aliphatic rings. The van der Waals surface area contributed by atoms with E-state index in [1.807, 2.05) is 25.3 Å². The molecule has 0 saturated carbocycles. The van der Waals surface area contributed by atoms with Gasteiger partial charge in [-0.25, -0.2) is 4.68 Å². The van der Waals surface area contributed by atoms with Gasteiger partial charge in [-0.05, 0) is 34.5 Å². The first-order chi connectivity index (χ1) is 7.70. The summed E-state index contributed by atoms with van der Waals surface area (Å²) < 4.78 is 2.71. The minimum Gasteiger partial charge on any atom is -0.323 e. The Balaban J connectivity index is 2.25. The first kappa shape index (κ1) is 11.3. The topological polar surface area (TPSA) is 56.7 Å². The van der Waals surface area contributed by atoms with E-state index in [0.29, 0.717) is 0 Å². The van der Waals surface area contributed by atoms with Crippen molar-refractivity contribution in [2.45, 2.75) is 19.4 Å². The van der Waals surface area contributed by atoms with Gasteiger partial charge in [-0.15, -0.1) is 0 Å². The molecule has 0 fully saturated rings. The third-order valence-electron chi connectivity index (χ3n) is 2.41. The number of hydrogen-bond donors (Lipinski definition) is 1. The van der Waals surface area contributed by atoms with E-state index in [-0.39, 0.29) is 6.04 Å². The molecule has 4 nitrogen and oxygen atoms in total. The first-order valence-electron chi connectivity index (χ1n) is 5.12. The Morgan fingerprint density at radius 3 is 2.75 bits per heavy atom. The molecular weight excluding hydrogens is 268 g/mol.